The van der Waals surface area contributed by atoms with Gasteiger partial charge in [-0.25, -0.2) is 8.42 Å². The first-order chi connectivity index (χ1) is 10.0. The number of hydrogen-bond donors (Lipinski definition) is 1. The Hall–Kier alpha value is -0.910. The first-order valence-corrected chi connectivity index (χ1v) is 9.51. The van der Waals surface area contributed by atoms with Crippen molar-refractivity contribution in [3.63, 3.8) is 0 Å². The molecule has 0 aliphatic carbocycles. The van der Waals surface area contributed by atoms with Crippen LogP contribution in [0.5, 0.6) is 0 Å². The number of benzene rings is 1. The molecule has 1 saturated heterocycles. The first kappa shape index (κ1) is 16.5. The van der Waals surface area contributed by atoms with Crippen LogP contribution in [-0.4, -0.2) is 49.1 Å². The zero-order valence-corrected chi connectivity index (χ0v) is 13.4. The van der Waals surface area contributed by atoms with E-state index in [2.05, 4.69) is 11.8 Å². The lowest BCUT2D eigenvalue weighted by Gasteiger charge is -2.30. The summed E-state index contributed by atoms with van der Waals surface area (Å²) in [6.45, 7) is 3.47. The minimum Gasteiger partial charge on any atom is -0.387 e. The Morgan fingerprint density at radius 1 is 1.33 bits per heavy atom. The molecule has 1 aliphatic heterocycles. The summed E-state index contributed by atoms with van der Waals surface area (Å²) in [5.74, 6) is 0.514. The lowest BCUT2D eigenvalue weighted by atomic mass is 10.1. The lowest BCUT2D eigenvalue weighted by molar-refractivity contribution is 0.0916. The van der Waals surface area contributed by atoms with Crippen molar-refractivity contribution in [1.29, 1.82) is 0 Å². The topological polar surface area (TPSA) is 57.6 Å². The van der Waals surface area contributed by atoms with Gasteiger partial charge >= 0.3 is 0 Å². The van der Waals surface area contributed by atoms with Crippen LogP contribution in [0, 0.1) is 0 Å². The van der Waals surface area contributed by atoms with E-state index in [9.17, 15) is 13.5 Å². The van der Waals surface area contributed by atoms with Gasteiger partial charge in [-0.3, -0.25) is 4.90 Å². The fraction of sp³-hybridized carbons (Fsp3) is 0.625. The molecule has 0 amide bonds. The van der Waals surface area contributed by atoms with E-state index in [1.54, 1.807) is 0 Å². The van der Waals surface area contributed by atoms with Crippen LogP contribution in [0.2, 0.25) is 0 Å². The summed E-state index contributed by atoms with van der Waals surface area (Å²) in [7, 11) is -2.89. The van der Waals surface area contributed by atoms with Crippen LogP contribution in [0.3, 0.4) is 0 Å². The third-order valence-electron chi connectivity index (χ3n) is 4.12. The third-order valence-corrected chi connectivity index (χ3v) is 5.87. The molecule has 1 heterocycles. The summed E-state index contributed by atoms with van der Waals surface area (Å²) in [5, 5.41) is 10.4. The quantitative estimate of drug-likeness (QED) is 0.837. The molecule has 1 N–H and O–H groups in total. The highest BCUT2D eigenvalue weighted by Crippen LogP contribution is 2.22. The summed E-state index contributed by atoms with van der Waals surface area (Å²) in [5.41, 5.74) is 0.889. The van der Waals surface area contributed by atoms with Crippen molar-refractivity contribution >= 4 is 9.84 Å². The van der Waals surface area contributed by atoms with Crippen molar-refractivity contribution in [2.45, 2.75) is 38.3 Å². The van der Waals surface area contributed by atoms with Crippen molar-refractivity contribution < 1.29 is 13.5 Å². The fourth-order valence-electron chi connectivity index (χ4n) is 2.85. The molecule has 1 fully saturated rings. The van der Waals surface area contributed by atoms with Crippen molar-refractivity contribution in [2.24, 2.45) is 0 Å². The predicted octanol–water partition coefficient (Wildman–Crippen LogP) is 2.01. The Balaban J connectivity index is 2.02. The number of rotatable bonds is 7. The summed E-state index contributed by atoms with van der Waals surface area (Å²) in [6.07, 6.45) is 2.22. The number of sulfone groups is 1. The zero-order chi connectivity index (χ0) is 15.3. The molecule has 2 unspecified atom stereocenters. The Kier molecular flexibility index (Phi) is 5.79. The van der Waals surface area contributed by atoms with Crippen LogP contribution < -0.4 is 0 Å². The molecule has 21 heavy (non-hydrogen) atoms. The molecule has 118 valence electrons. The zero-order valence-electron chi connectivity index (χ0n) is 12.6. The average molecular weight is 311 g/mol. The van der Waals surface area contributed by atoms with E-state index in [0.29, 0.717) is 13.0 Å². The standard InChI is InChI=1S/C16H25NO3S/c1-2-3-10-17(15-9-11-21(19,20)13-15)12-16(18)14-7-5-4-6-8-14/h4-8,15-16,18H,2-3,9-13H2,1H3. The van der Waals surface area contributed by atoms with Crippen LogP contribution in [-0.2, 0) is 9.84 Å². The Labute approximate surface area is 127 Å². The summed E-state index contributed by atoms with van der Waals surface area (Å²) in [6, 6.07) is 9.63. The van der Waals surface area contributed by atoms with Gasteiger partial charge in [0, 0.05) is 12.6 Å². The summed E-state index contributed by atoms with van der Waals surface area (Å²) >= 11 is 0. The predicted molar refractivity (Wildman–Crippen MR) is 84.9 cm³/mol. The van der Waals surface area contributed by atoms with E-state index >= 15 is 0 Å². The molecule has 0 spiro atoms. The number of aliphatic hydroxyl groups is 1. The van der Waals surface area contributed by atoms with E-state index in [4.69, 9.17) is 0 Å². The molecule has 1 aliphatic rings. The Morgan fingerprint density at radius 3 is 2.62 bits per heavy atom. The Bertz CT molecular complexity index is 530. The second-order valence-corrected chi connectivity index (χ2v) is 8.06. The highest BCUT2D eigenvalue weighted by atomic mass is 32.2. The van der Waals surface area contributed by atoms with Crippen LogP contribution in [0.4, 0.5) is 0 Å². The molecule has 0 saturated carbocycles. The molecule has 5 heteroatoms. The van der Waals surface area contributed by atoms with Crippen molar-refractivity contribution in [2.75, 3.05) is 24.6 Å². The minimum atomic E-state index is -2.89. The van der Waals surface area contributed by atoms with Gasteiger partial charge in [-0.2, -0.15) is 0 Å². The molecule has 2 atom stereocenters. The SMILES string of the molecule is CCCCN(CC(O)c1ccccc1)C1CCS(=O)(=O)C1. The second kappa shape index (κ2) is 7.38. The van der Waals surface area contributed by atoms with Crippen LogP contribution >= 0.6 is 0 Å². The molecular weight excluding hydrogens is 286 g/mol. The molecule has 0 bridgehead atoms. The van der Waals surface area contributed by atoms with Crippen molar-refractivity contribution in [3.05, 3.63) is 35.9 Å². The number of nitrogens with zero attached hydrogens (tertiary/aromatic N) is 1. The maximum Gasteiger partial charge on any atom is 0.151 e. The van der Waals surface area contributed by atoms with Crippen LogP contribution in [0.15, 0.2) is 30.3 Å². The molecule has 1 aromatic carbocycles. The summed E-state index contributed by atoms with van der Waals surface area (Å²) in [4.78, 5) is 2.16. The molecular formula is C16H25NO3S. The molecule has 0 aromatic heterocycles. The van der Waals surface area contributed by atoms with Crippen LogP contribution in [0.1, 0.15) is 37.9 Å². The van der Waals surface area contributed by atoms with Crippen molar-refractivity contribution in [3.8, 4) is 0 Å². The van der Waals surface area contributed by atoms with Gasteiger partial charge in [0.05, 0.1) is 17.6 Å². The monoisotopic (exact) mass is 311 g/mol. The number of unbranched alkanes of at least 4 members (excludes halogenated alkanes) is 1. The van der Waals surface area contributed by atoms with E-state index in [0.717, 1.165) is 24.9 Å². The van der Waals surface area contributed by atoms with E-state index in [-0.39, 0.29) is 17.5 Å². The molecule has 1 aromatic rings. The van der Waals surface area contributed by atoms with Crippen molar-refractivity contribution in [1.82, 2.24) is 4.90 Å². The highest BCUT2D eigenvalue weighted by molar-refractivity contribution is 7.91. The first-order valence-electron chi connectivity index (χ1n) is 7.69. The molecule has 4 nitrogen and oxygen atoms in total. The maximum absolute atomic E-state index is 11.7. The normalized spacial score (nSPS) is 22.5. The van der Waals surface area contributed by atoms with Crippen LogP contribution in [0.25, 0.3) is 0 Å². The van der Waals surface area contributed by atoms with E-state index < -0.39 is 15.9 Å². The third kappa shape index (κ3) is 4.80. The lowest BCUT2D eigenvalue weighted by Crippen LogP contribution is -2.39. The summed E-state index contributed by atoms with van der Waals surface area (Å²) < 4.78 is 23.4. The van der Waals surface area contributed by atoms with Gasteiger partial charge in [0.15, 0.2) is 9.84 Å². The molecule has 2 rings (SSSR count). The smallest absolute Gasteiger partial charge is 0.151 e. The average Bonchev–Trinajstić information content (AvgIpc) is 2.84. The van der Waals surface area contributed by atoms with Gasteiger partial charge < -0.3 is 5.11 Å². The minimum absolute atomic E-state index is 0.0555. The molecule has 0 radical (unpaired) electrons. The van der Waals surface area contributed by atoms with E-state index in [1.807, 2.05) is 30.3 Å². The highest BCUT2D eigenvalue weighted by Gasteiger charge is 2.32. The van der Waals surface area contributed by atoms with Gasteiger partial charge in [0.2, 0.25) is 0 Å². The van der Waals surface area contributed by atoms with Gasteiger partial charge in [-0.15, -0.1) is 0 Å². The van der Waals surface area contributed by atoms with Gasteiger partial charge in [0.25, 0.3) is 0 Å². The maximum atomic E-state index is 11.7. The second-order valence-electron chi connectivity index (χ2n) is 5.83. The van der Waals surface area contributed by atoms with Gasteiger partial charge in [-0.05, 0) is 24.9 Å². The van der Waals surface area contributed by atoms with E-state index in [1.165, 1.54) is 0 Å². The Morgan fingerprint density at radius 2 is 2.05 bits per heavy atom. The number of hydrogen-bond acceptors (Lipinski definition) is 4. The van der Waals surface area contributed by atoms with Gasteiger partial charge in [-0.1, -0.05) is 43.7 Å². The van der Waals surface area contributed by atoms with Gasteiger partial charge in [0.1, 0.15) is 0 Å². The number of aliphatic hydroxyl groups excluding tert-OH is 1. The fourth-order valence-corrected chi connectivity index (χ4v) is 4.61. The largest absolute Gasteiger partial charge is 0.387 e.